The fourth-order valence-corrected chi connectivity index (χ4v) is 4.69. The molecule has 0 N–H and O–H groups in total. The molecule has 1 aliphatic rings. The molecule has 0 saturated carbocycles. The van der Waals surface area contributed by atoms with Gasteiger partial charge in [0.15, 0.2) is 0 Å². The highest BCUT2D eigenvalue weighted by Crippen LogP contribution is 2.50. The first-order valence-corrected chi connectivity index (χ1v) is 10.4. The molecule has 1 heteroatoms. The van der Waals surface area contributed by atoms with E-state index in [2.05, 4.69) is 122 Å². The molecule has 4 aromatic carbocycles. The number of para-hydroxylation sites is 2. The number of anilines is 3. The van der Waals surface area contributed by atoms with Crippen molar-refractivity contribution in [1.82, 2.24) is 0 Å². The predicted molar refractivity (Wildman–Crippen MR) is 123 cm³/mol. The minimum Gasteiger partial charge on any atom is -0.310 e. The lowest BCUT2D eigenvalue weighted by Crippen LogP contribution is -2.11. The van der Waals surface area contributed by atoms with Crippen LogP contribution in [-0.4, -0.2) is 0 Å². The third-order valence-corrected chi connectivity index (χ3v) is 5.91. The van der Waals surface area contributed by atoms with Crippen molar-refractivity contribution in [3.8, 4) is 11.1 Å². The van der Waals surface area contributed by atoms with Gasteiger partial charge in [-0.1, -0.05) is 80.6 Å². The highest BCUT2D eigenvalue weighted by atomic mass is 15.1. The summed E-state index contributed by atoms with van der Waals surface area (Å²) >= 11 is 0. The van der Waals surface area contributed by atoms with Crippen molar-refractivity contribution in [1.29, 1.82) is 0 Å². The predicted octanol–water partition coefficient (Wildman–Crippen LogP) is 7.92. The third kappa shape index (κ3) is 3.03. The molecular formula is C28H25N. The van der Waals surface area contributed by atoms with Gasteiger partial charge in [-0.25, -0.2) is 0 Å². The zero-order chi connectivity index (χ0) is 19.8. The molecule has 0 radical (unpaired) electrons. The van der Waals surface area contributed by atoms with Crippen LogP contribution in [0.15, 0.2) is 103 Å². The Hall–Kier alpha value is -3.32. The normalized spacial score (nSPS) is 14.5. The molecule has 0 heterocycles. The second-order valence-corrected chi connectivity index (χ2v) is 8.09. The van der Waals surface area contributed by atoms with Crippen molar-refractivity contribution in [2.24, 2.45) is 5.92 Å². The molecule has 0 bridgehead atoms. The lowest BCUT2D eigenvalue weighted by molar-refractivity contribution is 0.573. The van der Waals surface area contributed by atoms with Gasteiger partial charge in [-0.2, -0.15) is 0 Å². The van der Waals surface area contributed by atoms with Crippen molar-refractivity contribution in [2.45, 2.75) is 19.8 Å². The van der Waals surface area contributed by atoms with Gasteiger partial charge >= 0.3 is 0 Å². The molecule has 0 amide bonds. The van der Waals surface area contributed by atoms with Crippen LogP contribution >= 0.6 is 0 Å². The second kappa shape index (κ2) is 7.25. The van der Waals surface area contributed by atoms with Crippen molar-refractivity contribution in [3.05, 3.63) is 114 Å². The zero-order valence-corrected chi connectivity index (χ0v) is 16.9. The molecular weight excluding hydrogens is 350 g/mol. The molecule has 4 aromatic rings. The highest BCUT2D eigenvalue weighted by molar-refractivity contribution is 5.84. The molecule has 0 aromatic heterocycles. The van der Waals surface area contributed by atoms with Gasteiger partial charge in [0.2, 0.25) is 0 Å². The maximum atomic E-state index is 2.40. The van der Waals surface area contributed by atoms with Crippen molar-refractivity contribution in [2.75, 3.05) is 4.90 Å². The van der Waals surface area contributed by atoms with Crippen LogP contribution in [0.3, 0.4) is 0 Å². The monoisotopic (exact) mass is 375 g/mol. The summed E-state index contributed by atoms with van der Waals surface area (Å²) in [7, 11) is 0. The third-order valence-electron chi connectivity index (χ3n) is 5.91. The Kier molecular flexibility index (Phi) is 4.44. The quantitative estimate of drug-likeness (QED) is 0.350. The lowest BCUT2D eigenvalue weighted by atomic mass is 9.86. The van der Waals surface area contributed by atoms with E-state index in [1.807, 2.05) is 0 Å². The van der Waals surface area contributed by atoms with Gasteiger partial charge < -0.3 is 4.90 Å². The number of hydrogen-bond donors (Lipinski definition) is 0. The van der Waals surface area contributed by atoms with Crippen LogP contribution in [0.25, 0.3) is 11.1 Å². The molecule has 0 fully saturated rings. The molecule has 0 saturated heterocycles. The van der Waals surface area contributed by atoms with Crippen LogP contribution in [0.1, 0.15) is 30.9 Å². The van der Waals surface area contributed by atoms with E-state index in [0.29, 0.717) is 11.8 Å². The molecule has 142 valence electrons. The van der Waals surface area contributed by atoms with Crippen molar-refractivity contribution >= 4 is 17.1 Å². The van der Waals surface area contributed by atoms with E-state index in [4.69, 9.17) is 0 Å². The maximum Gasteiger partial charge on any atom is 0.0465 e. The van der Waals surface area contributed by atoms with Gasteiger partial charge in [0.1, 0.15) is 0 Å². The van der Waals surface area contributed by atoms with Crippen molar-refractivity contribution in [3.63, 3.8) is 0 Å². The fourth-order valence-electron chi connectivity index (χ4n) is 4.69. The molecule has 5 rings (SSSR count). The van der Waals surface area contributed by atoms with Crippen molar-refractivity contribution < 1.29 is 0 Å². The van der Waals surface area contributed by atoms with Crippen LogP contribution in [-0.2, 0) is 0 Å². The van der Waals surface area contributed by atoms with Crippen LogP contribution in [0, 0.1) is 5.92 Å². The summed E-state index contributed by atoms with van der Waals surface area (Å²) in [5.74, 6) is 0.990. The van der Waals surface area contributed by atoms with Crippen LogP contribution in [0.4, 0.5) is 17.1 Å². The minimum atomic E-state index is 0.439. The number of benzene rings is 4. The molecule has 1 aliphatic carbocycles. The topological polar surface area (TPSA) is 3.24 Å². The van der Waals surface area contributed by atoms with Crippen LogP contribution < -0.4 is 4.90 Å². The van der Waals surface area contributed by atoms with Gasteiger partial charge in [0, 0.05) is 23.0 Å². The number of fused-ring (bicyclic) bond motifs is 3. The summed E-state index contributed by atoms with van der Waals surface area (Å²) in [4.78, 5) is 2.35. The lowest BCUT2D eigenvalue weighted by Gasteiger charge is -2.27. The van der Waals surface area contributed by atoms with E-state index in [9.17, 15) is 0 Å². The second-order valence-electron chi connectivity index (χ2n) is 8.09. The summed E-state index contributed by atoms with van der Waals surface area (Å²) in [6.45, 7) is 4.66. The van der Waals surface area contributed by atoms with E-state index < -0.39 is 0 Å². The molecule has 1 unspecified atom stereocenters. The first kappa shape index (κ1) is 17.8. The van der Waals surface area contributed by atoms with E-state index in [0.717, 1.165) is 0 Å². The summed E-state index contributed by atoms with van der Waals surface area (Å²) < 4.78 is 0. The summed E-state index contributed by atoms with van der Waals surface area (Å²) in [5, 5.41) is 0. The molecule has 29 heavy (non-hydrogen) atoms. The summed E-state index contributed by atoms with van der Waals surface area (Å²) in [6.07, 6.45) is 0. The molecule has 0 spiro atoms. The molecule has 1 nitrogen and oxygen atoms in total. The average Bonchev–Trinajstić information content (AvgIpc) is 3.09. The Morgan fingerprint density at radius 1 is 0.552 bits per heavy atom. The first-order valence-electron chi connectivity index (χ1n) is 10.4. The van der Waals surface area contributed by atoms with Gasteiger partial charge in [-0.15, -0.1) is 0 Å². The van der Waals surface area contributed by atoms with Gasteiger partial charge in [0.25, 0.3) is 0 Å². The smallest absolute Gasteiger partial charge is 0.0465 e. The largest absolute Gasteiger partial charge is 0.310 e. The van der Waals surface area contributed by atoms with E-state index in [1.165, 1.54) is 39.3 Å². The molecule has 0 aliphatic heterocycles. The van der Waals surface area contributed by atoms with Crippen LogP contribution in [0.5, 0.6) is 0 Å². The first-order chi connectivity index (χ1) is 14.2. The van der Waals surface area contributed by atoms with Crippen LogP contribution in [0.2, 0.25) is 0 Å². The van der Waals surface area contributed by atoms with E-state index >= 15 is 0 Å². The Bertz CT molecular complexity index is 1090. The highest BCUT2D eigenvalue weighted by Gasteiger charge is 2.31. The molecule has 1 atom stereocenters. The number of rotatable bonds is 4. The van der Waals surface area contributed by atoms with E-state index in [-0.39, 0.29) is 0 Å². The standard InChI is InChI=1S/C28H25N/c1-20(2)28-26-16-10-9-15-24(26)25-18-17-23(19-27(25)28)29(21-11-5-3-6-12-21)22-13-7-4-8-14-22/h3-20,28H,1-2H3. The maximum absolute atomic E-state index is 2.40. The average molecular weight is 376 g/mol. The Labute approximate surface area is 173 Å². The summed E-state index contributed by atoms with van der Waals surface area (Å²) in [5.41, 5.74) is 9.23. The van der Waals surface area contributed by atoms with Gasteiger partial charge in [-0.05, 0) is 64.6 Å². The zero-order valence-electron chi connectivity index (χ0n) is 16.9. The SMILES string of the molecule is CC(C)C1c2ccccc2-c2ccc(N(c3ccccc3)c3ccccc3)cc21. The summed E-state index contributed by atoms with van der Waals surface area (Å²) in [6, 6.07) is 37.1. The van der Waals surface area contributed by atoms with Gasteiger partial charge in [-0.3, -0.25) is 0 Å². The van der Waals surface area contributed by atoms with Gasteiger partial charge in [0.05, 0.1) is 0 Å². The number of hydrogen-bond acceptors (Lipinski definition) is 1. The minimum absolute atomic E-state index is 0.439. The Morgan fingerprint density at radius 2 is 1.10 bits per heavy atom. The Morgan fingerprint density at radius 3 is 1.72 bits per heavy atom. The van der Waals surface area contributed by atoms with E-state index in [1.54, 1.807) is 0 Å². The fraction of sp³-hybridized carbons (Fsp3) is 0.143. The Balaban J connectivity index is 1.69. The number of nitrogens with zero attached hydrogens (tertiary/aromatic N) is 1.